The Morgan fingerprint density at radius 3 is 2.38 bits per heavy atom. The minimum atomic E-state index is -0.203. The van der Waals surface area contributed by atoms with Crippen molar-refractivity contribution in [1.82, 2.24) is 15.5 Å². The molecule has 0 aromatic heterocycles. The van der Waals surface area contributed by atoms with Gasteiger partial charge in [0.2, 0.25) is 5.91 Å². The van der Waals surface area contributed by atoms with Gasteiger partial charge in [0.25, 0.3) is 5.91 Å². The van der Waals surface area contributed by atoms with Gasteiger partial charge in [-0.05, 0) is 49.7 Å². The van der Waals surface area contributed by atoms with Gasteiger partial charge < -0.3 is 15.5 Å². The van der Waals surface area contributed by atoms with Crippen LogP contribution in [0.5, 0.6) is 0 Å². The third kappa shape index (κ3) is 6.87. The van der Waals surface area contributed by atoms with E-state index in [0.29, 0.717) is 23.6 Å². The molecule has 0 saturated carbocycles. The summed E-state index contributed by atoms with van der Waals surface area (Å²) in [4.78, 5) is 26.3. The van der Waals surface area contributed by atoms with E-state index in [1.807, 2.05) is 56.6 Å². The molecule has 0 heterocycles. The maximum Gasteiger partial charge on any atom is 0.252 e. The number of nitrogens with one attached hydrogen (secondary N) is 2. The number of benzene rings is 2. The van der Waals surface area contributed by atoms with Crippen molar-refractivity contribution in [2.75, 3.05) is 27.7 Å². The monoisotopic (exact) mass is 415 g/mol. The molecule has 2 aromatic carbocycles. The van der Waals surface area contributed by atoms with E-state index in [1.54, 1.807) is 13.1 Å². The molecule has 29 heavy (non-hydrogen) atoms. The number of nitrogens with zero attached hydrogens (tertiary/aromatic N) is 1. The second-order valence-electron chi connectivity index (χ2n) is 7.53. The van der Waals surface area contributed by atoms with Crippen LogP contribution in [0.15, 0.2) is 48.5 Å². The van der Waals surface area contributed by atoms with E-state index in [-0.39, 0.29) is 23.8 Å². The van der Waals surface area contributed by atoms with Crippen LogP contribution in [0.3, 0.4) is 0 Å². The highest BCUT2D eigenvalue weighted by Gasteiger charge is 2.17. The van der Waals surface area contributed by atoms with Crippen LogP contribution in [0.1, 0.15) is 40.7 Å². The SMILES string of the molecule is CNC(=O)c1ccc(C[C@@H](CNC(=O)C[C@@H](C)c2ccccc2)N(C)C)cc1Cl. The zero-order valence-corrected chi connectivity index (χ0v) is 18.3. The zero-order chi connectivity index (χ0) is 21.4. The first kappa shape index (κ1) is 22.9. The lowest BCUT2D eigenvalue weighted by atomic mass is 9.97. The average Bonchev–Trinajstić information content (AvgIpc) is 2.71. The van der Waals surface area contributed by atoms with Gasteiger partial charge in [0, 0.05) is 26.1 Å². The summed E-state index contributed by atoms with van der Waals surface area (Å²) >= 11 is 6.26. The van der Waals surface area contributed by atoms with Crippen LogP contribution in [0.4, 0.5) is 0 Å². The summed E-state index contributed by atoms with van der Waals surface area (Å²) in [6.45, 7) is 2.61. The highest BCUT2D eigenvalue weighted by Crippen LogP contribution is 2.20. The number of carbonyl (C=O) groups is 2. The lowest BCUT2D eigenvalue weighted by Gasteiger charge is -2.25. The van der Waals surface area contributed by atoms with E-state index < -0.39 is 0 Å². The minimum absolute atomic E-state index is 0.0428. The summed E-state index contributed by atoms with van der Waals surface area (Å²) in [5.74, 6) is 0.0109. The van der Waals surface area contributed by atoms with E-state index >= 15 is 0 Å². The van der Waals surface area contributed by atoms with Crippen LogP contribution in [0.2, 0.25) is 5.02 Å². The number of likely N-dealkylation sites (N-methyl/N-ethyl adjacent to an activating group) is 1. The highest BCUT2D eigenvalue weighted by molar-refractivity contribution is 6.33. The Morgan fingerprint density at radius 2 is 1.79 bits per heavy atom. The van der Waals surface area contributed by atoms with E-state index in [0.717, 1.165) is 17.5 Å². The van der Waals surface area contributed by atoms with Gasteiger partial charge in [0.15, 0.2) is 0 Å². The fourth-order valence-corrected chi connectivity index (χ4v) is 3.48. The number of amides is 2. The van der Waals surface area contributed by atoms with Crippen molar-refractivity contribution in [1.29, 1.82) is 0 Å². The third-order valence-corrected chi connectivity index (χ3v) is 5.41. The fourth-order valence-electron chi connectivity index (χ4n) is 3.20. The predicted octanol–water partition coefficient (Wildman–Crippen LogP) is 3.48. The van der Waals surface area contributed by atoms with Crippen LogP contribution >= 0.6 is 11.6 Å². The summed E-state index contributed by atoms with van der Waals surface area (Å²) in [5, 5.41) is 6.07. The molecule has 0 saturated heterocycles. The molecule has 0 aliphatic carbocycles. The van der Waals surface area contributed by atoms with Gasteiger partial charge in [-0.25, -0.2) is 0 Å². The van der Waals surface area contributed by atoms with E-state index in [9.17, 15) is 9.59 Å². The molecule has 0 aliphatic rings. The predicted molar refractivity (Wildman–Crippen MR) is 119 cm³/mol. The number of halogens is 1. The van der Waals surface area contributed by atoms with Crippen LogP contribution in [0, 0.1) is 0 Å². The first-order chi connectivity index (χ1) is 13.8. The van der Waals surface area contributed by atoms with E-state index in [1.165, 1.54) is 0 Å². The second kappa shape index (κ2) is 11.0. The molecule has 0 bridgehead atoms. The third-order valence-electron chi connectivity index (χ3n) is 5.10. The van der Waals surface area contributed by atoms with Gasteiger partial charge in [-0.1, -0.05) is 54.9 Å². The fraction of sp³-hybridized carbons (Fsp3) is 0.391. The zero-order valence-electron chi connectivity index (χ0n) is 17.5. The van der Waals surface area contributed by atoms with Crippen LogP contribution in [-0.2, 0) is 11.2 Å². The summed E-state index contributed by atoms with van der Waals surface area (Å²) in [6.07, 6.45) is 1.17. The molecule has 0 radical (unpaired) electrons. The maximum atomic E-state index is 12.4. The summed E-state index contributed by atoms with van der Waals surface area (Å²) < 4.78 is 0. The summed E-state index contributed by atoms with van der Waals surface area (Å²) in [5.41, 5.74) is 2.65. The summed E-state index contributed by atoms with van der Waals surface area (Å²) in [6, 6.07) is 15.6. The molecule has 2 N–H and O–H groups in total. The Morgan fingerprint density at radius 1 is 1.10 bits per heavy atom. The van der Waals surface area contributed by atoms with Crippen molar-refractivity contribution in [3.05, 3.63) is 70.2 Å². The van der Waals surface area contributed by atoms with E-state index in [4.69, 9.17) is 11.6 Å². The molecule has 2 amide bonds. The Labute approximate surface area is 178 Å². The molecular weight excluding hydrogens is 386 g/mol. The van der Waals surface area contributed by atoms with Gasteiger partial charge in [0.1, 0.15) is 0 Å². The smallest absolute Gasteiger partial charge is 0.252 e. The maximum absolute atomic E-state index is 12.4. The first-order valence-corrected chi connectivity index (χ1v) is 10.2. The minimum Gasteiger partial charge on any atom is -0.355 e. The van der Waals surface area contributed by atoms with Crippen molar-refractivity contribution in [3.63, 3.8) is 0 Å². The Hall–Kier alpha value is -2.37. The molecule has 0 spiro atoms. The van der Waals surface area contributed by atoms with Gasteiger partial charge in [-0.15, -0.1) is 0 Å². The van der Waals surface area contributed by atoms with Gasteiger partial charge in [-0.2, -0.15) is 0 Å². The molecule has 2 aromatic rings. The van der Waals surface area contributed by atoms with E-state index in [2.05, 4.69) is 22.5 Å². The average molecular weight is 416 g/mol. The molecule has 156 valence electrons. The van der Waals surface area contributed by atoms with Crippen molar-refractivity contribution in [2.45, 2.75) is 31.7 Å². The first-order valence-electron chi connectivity index (χ1n) is 9.80. The number of hydrogen-bond acceptors (Lipinski definition) is 3. The van der Waals surface area contributed by atoms with Crippen LogP contribution < -0.4 is 10.6 Å². The molecule has 2 atom stereocenters. The van der Waals surface area contributed by atoms with Crippen molar-refractivity contribution >= 4 is 23.4 Å². The molecular formula is C23H30ClN3O2. The molecule has 2 rings (SSSR count). The lowest BCUT2D eigenvalue weighted by Crippen LogP contribution is -2.41. The Balaban J connectivity index is 1.94. The van der Waals surface area contributed by atoms with Crippen molar-refractivity contribution in [2.24, 2.45) is 0 Å². The highest BCUT2D eigenvalue weighted by atomic mass is 35.5. The second-order valence-corrected chi connectivity index (χ2v) is 7.94. The Bertz CT molecular complexity index is 824. The van der Waals surface area contributed by atoms with Crippen molar-refractivity contribution < 1.29 is 9.59 Å². The standard InChI is InChI=1S/C23H30ClN3O2/c1-16(18-8-6-5-7-9-18)12-22(28)26-15-19(27(3)4)13-17-10-11-20(21(24)14-17)23(29)25-2/h5-11,14,16,19H,12-13,15H2,1-4H3,(H,25,29)(H,26,28)/t16-,19+/m1/s1. The summed E-state index contributed by atoms with van der Waals surface area (Å²) in [7, 11) is 5.56. The van der Waals surface area contributed by atoms with Crippen molar-refractivity contribution in [3.8, 4) is 0 Å². The number of rotatable bonds is 9. The normalized spacial score (nSPS) is 13.0. The molecule has 6 heteroatoms. The number of carbonyl (C=O) groups excluding carboxylic acids is 2. The van der Waals surface area contributed by atoms with Crippen LogP contribution in [-0.4, -0.2) is 50.4 Å². The number of hydrogen-bond donors (Lipinski definition) is 2. The van der Waals surface area contributed by atoms with Crippen LogP contribution in [0.25, 0.3) is 0 Å². The quantitative estimate of drug-likeness (QED) is 0.659. The molecule has 0 aliphatic heterocycles. The Kier molecular flexibility index (Phi) is 8.68. The largest absolute Gasteiger partial charge is 0.355 e. The molecule has 0 fully saturated rings. The molecule has 0 unspecified atom stereocenters. The van der Waals surface area contributed by atoms with Gasteiger partial charge in [-0.3, -0.25) is 9.59 Å². The lowest BCUT2D eigenvalue weighted by molar-refractivity contribution is -0.121. The van der Waals surface area contributed by atoms with Gasteiger partial charge in [0.05, 0.1) is 10.6 Å². The van der Waals surface area contributed by atoms with Gasteiger partial charge >= 0.3 is 0 Å². The topological polar surface area (TPSA) is 61.4 Å². The molecule has 5 nitrogen and oxygen atoms in total.